The molecule has 0 aromatic rings. The van der Waals surface area contributed by atoms with Gasteiger partial charge in [-0.3, -0.25) is 13.8 Å². The molecule has 0 aliphatic rings. The molecule has 8 nitrogen and oxygen atoms in total. The molecule has 0 bridgehead atoms. The van der Waals surface area contributed by atoms with Gasteiger partial charge in [0.25, 0.3) is 0 Å². The predicted octanol–water partition coefficient (Wildman–Crippen LogP) is 11.6. The number of amides is 1. The molecule has 0 aromatic carbocycles. The van der Waals surface area contributed by atoms with E-state index in [1.807, 2.05) is 0 Å². The third kappa shape index (κ3) is 35.6. The summed E-state index contributed by atoms with van der Waals surface area (Å²) in [5.41, 5.74) is 5.37. The van der Waals surface area contributed by atoms with Crippen LogP contribution in [0.3, 0.4) is 0 Å². The minimum Gasteiger partial charge on any atom is -0.391 e. The van der Waals surface area contributed by atoms with E-state index in [1.54, 1.807) is 0 Å². The molecular weight excluding hydrogens is 647 g/mol. The summed E-state index contributed by atoms with van der Waals surface area (Å²) in [6, 6.07) is -0.774. The van der Waals surface area contributed by atoms with Gasteiger partial charge in [-0.1, -0.05) is 180 Å². The van der Waals surface area contributed by atoms with Crippen molar-refractivity contribution in [1.29, 1.82) is 0 Å². The number of hydrogen-bond donors (Lipinski definition) is 4. The van der Waals surface area contributed by atoms with E-state index in [0.29, 0.717) is 12.8 Å². The second kappa shape index (κ2) is 38.0. The van der Waals surface area contributed by atoms with Crippen molar-refractivity contribution in [1.82, 2.24) is 5.32 Å². The van der Waals surface area contributed by atoms with Crippen molar-refractivity contribution in [3.8, 4) is 0 Å². The van der Waals surface area contributed by atoms with E-state index in [1.165, 1.54) is 135 Å². The first-order valence-electron chi connectivity index (χ1n) is 21.3. The van der Waals surface area contributed by atoms with E-state index in [0.717, 1.165) is 51.4 Å². The monoisotopic (exact) mass is 731 g/mol. The molecule has 0 heterocycles. The smallest absolute Gasteiger partial charge is 0.391 e. The topological polar surface area (TPSA) is 131 Å². The number of unbranched alkanes of at least 4 members (excludes halogenated alkanes) is 26. The van der Waals surface area contributed by atoms with Gasteiger partial charge in [0.2, 0.25) is 5.91 Å². The Kier molecular flexibility index (Phi) is 37.4. The van der Waals surface area contributed by atoms with Gasteiger partial charge >= 0.3 is 7.82 Å². The zero-order valence-electron chi connectivity index (χ0n) is 32.9. The molecule has 50 heavy (non-hydrogen) atoms. The first-order valence-corrected chi connectivity index (χ1v) is 22.8. The molecule has 3 atom stereocenters. The fraction of sp³-hybridized carbons (Fsp3) is 0.927. The van der Waals surface area contributed by atoms with Crippen LogP contribution in [0.2, 0.25) is 0 Å². The van der Waals surface area contributed by atoms with Crippen molar-refractivity contribution in [2.45, 2.75) is 225 Å². The number of nitrogens with one attached hydrogen (secondary N) is 1. The summed E-state index contributed by atoms with van der Waals surface area (Å²) in [6.07, 6.45) is 40.7. The summed E-state index contributed by atoms with van der Waals surface area (Å²) < 4.78 is 22.2. The molecule has 0 saturated heterocycles. The average molecular weight is 731 g/mol. The Morgan fingerprint density at radius 3 is 1.48 bits per heavy atom. The van der Waals surface area contributed by atoms with Crippen LogP contribution < -0.4 is 11.1 Å². The van der Waals surface area contributed by atoms with Crippen LogP contribution >= 0.6 is 7.82 Å². The fourth-order valence-corrected chi connectivity index (χ4v) is 7.13. The molecule has 0 fully saturated rings. The Hall–Kier alpha value is -0.760. The predicted molar refractivity (Wildman–Crippen MR) is 212 cm³/mol. The van der Waals surface area contributed by atoms with Crippen molar-refractivity contribution in [2.75, 3.05) is 19.8 Å². The van der Waals surface area contributed by atoms with Gasteiger partial charge in [0.1, 0.15) is 0 Å². The molecule has 0 radical (unpaired) electrons. The van der Waals surface area contributed by atoms with Crippen molar-refractivity contribution >= 4 is 13.7 Å². The molecule has 1 amide bonds. The molecule has 0 aliphatic carbocycles. The molecule has 298 valence electrons. The number of allylic oxidation sites excluding steroid dienone is 2. The minimum absolute atomic E-state index is 0.0892. The summed E-state index contributed by atoms with van der Waals surface area (Å²) in [7, 11) is -4.31. The lowest BCUT2D eigenvalue weighted by molar-refractivity contribution is -0.123. The SMILES string of the molecule is CCCCCCCCC/C=C\CCCCCCCC(=O)NC(COP(=O)(O)OCCN)C(O)CCCCCCCCCCCCCCCCC. The molecule has 5 N–H and O–H groups in total. The number of hydrogen-bond acceptors (Lipinski definition) is 6. The van der Waals surface area contributed by atoms with Crippen LogP contribution in [0.1, 0.15) is 213 Å². The number of aliphatic hydroxyl groups excluding tert-OH is 1. The van der Waals surface area contributed by atoms with E-state index < -0.39 is 20.0 Å². The van der Waals surface area contributed by atoms with Crippen molar-refractivity contribution in [3.63, 3.8) is 0 Å². The van der Waals surface area contributed by atoms with E-state index >= 15 is 0 Å². The zero-order chi connectivity index (χ0) is 36.8. The standard InChI is InChI=1S/C41H83N2O6P/c1-3-5-7-9-11-13-15-17-19-21-23-25-27-29-31-33-35-41(45)43-39(38-49-50(46,47)48-37-36-42)40(44)34-32-30-28-26-24-22-20-18-16-14-12-10-8-6-4-2/h19,21,39-40,44H,3-18,20,22-38,42H2,1-2H3,(H,43,45)(H,46,47)/b21-19-. The number of phosphoric ester groups is 1. The maximum absolute atomic E-state index is 12.7. The molecule has 0 rings (SSSR count). The summed E-state index contributed by atoms with van der Waals surface area (Å²) in [5, 5.41) is 13.8. The van der Waals surface area contributed by atoms with Crippen LogP contribution in [0.4, 0.5) is 0 Å². The van der Waals surface area contributed by atoms with Crippen LogP contribution in [-0.4, -0.2) is 47.8 Å². The number of aliphatic hydroxyl groups is 1. The number of carbonyl (C=O) groups is 1. The van der Waals surface area contributed by atoms with Crippen molar-refractivity contribution in [3.05, 3.63) is 12.2 Å². The van der Waals surface area contributed by atoms with Gasteiger partial charge < -0.3 is 21.1 Å². The third-order valence-electron chi connectivity index (χ3n) is 9.62. The molecule has 0 aromatic heterocycles. The van der Waals surface area contributed by atoms with Crippen LogP contribution in [0, 0.1) is 0 Å². The highest BCUT2D eigenvalue weighted by Crippen LogP contribution is 2.43. The Labute approximate surface area is 309 Å². The van der Waals surface area contributed by atoms with Crippen molar-refractivity contribution in [2.24, 2.45) is 5.73 Å². The summed E-state index contributed by atoms with van der Waals surface area (Å²) in [5.74, 6) is -0.168. The molecule has 3 unspecified atom stereocenters. The quantitative estimate of drug-likeness (QED) is 0.0280. The van der Waals surface area contributed by atoms with E-state index in [-0.39, 0.29) is 25.7 Å². The lowest BCUT2D eigenvalue weighted by Gasteiger charge is -2.25. The number of carbonyl (C=O) groups excluding carboxylic acids is 1. The first kappa shape index (κ1) is 49.2. The highest BCUT2D eigenvalue weighted by atomic mass is 31.2. The van der Waals surface area contributed by atoms with Crippen LogP contribution in [-0.2, 0) is 18.4 Å². The summed E-state index contributed by atoms with van der Waals surface area (Å²) >= 11 is 0. The minimum atomic E-state index is -4.31. The third-order valence-corrected chi connectivity index (χ3v) is 10.6. The van der Waals surface area contributed by atoms with Gasteiger partial charge in [-0.25, -0.2) is 4.57 Å². The van der Waals surface area contributed by atoms with Crippen molar-refractivity contribution < 1.29 is 28.4 Å². The first-order chi connectivity index (χ1) is 24.4. The summed E-state index contributed by atoms with van der Waals surface area (Å²) in [4.78, 5) is 22.7. The van der Waals surface area contributed by atoms with Crippen LogP contribution in [0.25, 0.3) is 0 Å². The fourth-order valence-electron chi connectivity index (χ4n) is 6.37. The van der Waals surface area contributed by atoms with E-state index in [2.05, 4.69) is 31.3 Å². The second-order valence-corrected chi connectivity index (χ2v) is 16.0. The van der Waals surface area contributed by atoms with Gasteiger partial charge in [0.15, 0.2) is 0 Å². The van der Waals surface area contributed by atoms with Gasteiger partial charge in [-0.15, -0.1) is 0 Å². The number of rotatable bonds is 40. The molecule has 0 aliphatic heterocycles. The highest BCUT2D eigenvalue weighted by Gasteiger charge is 2.27. The lowest BCUT2D eigenvalue weighted by atomic mass is 10.0. The number of nitrogens with two attached hydrogens (primary N) is 1. The normalized spacial score (nSPS) is 14.3. The maximum Gasteiger partial charge on any atom is 0.472 e. The summed E-state index contributed by atoms with van der Waals surface area (Å²) in [6.45, 7) is 4.21. The molecule has 0 saturated carbocycles. The Morgan fingerprint density at radius 2 is 1.04 bits per heavy atom. The Balaban J connectivity index is 4.18. The Bertz CT molecular complexity index is 799. The maximum atomic E-state index is 12.7. The van der Waals surface area contributed by atoms with E-state index in [9.17, 15) is 19.4 Å². The highest BCUT2D eigenvalue weighted by molar-refractivity contribution is 7.47. The number of phosphoric acid groups is 1. The second-order valence-electron chi connectivity index (χ2n) is 14.6. The molecular formula is C41H83N2O6P. The van der Waals surface area contributed by atoms with Gasteiger partial charge in [-0.05, 0) is 38.5 Å². The largest absolute Gasteiger partial charge is 0.472 e. The van der Waals surface area contributed by atoms with Gasteiger partial charge in [0, 0.05) is 13.0 Å². The van der Waals surface area contributed by atoms with Crippen LogP contribution in [0.5, 0.6) is 0 Å². The van der Waals surface area contributed by atoms with E-state index in [4.69, 9.17) is 14.8 Å². The average Bonchev–Trinajstić information content (AvgIpc) is 3.10. The van der Waals surface area contributed by atoms with Gasteiger partial charge in [-0.2, -0.15) is 0 Å². The molecule has 9 heteroatoms. The zero-order valence-corrected chi connectivity index (χ0v) is 33.8. The van der Waals surface area contributed by atoms with Gasteiger partial charge in [0.05, 0.1) is 25.4 Å². The lowest BCUT2D eigenvalue weighted by Crippen LogP contribution is -2.46. The van der Waals surface area contributed by atoms with Crippen LogP contribution in [0.15, 0.2) is 12.2 Å². The molecule has 0 spiro atoms. The Morgan fingerprint density at radius 1 is 0.640 bits per heavy atom.